The van der Waals surface area contributed by atoms with E-state index < -0.39 is 5.91 Å². The molecule has 1 amide bonds. The van der Waals surface area contributed by atoms with Crippen molar-refractivity contribution >= 4 is 28.1 Å². The van der Waals surface area contributed by atoms with Crippen LogP contribution in [0.4, 0.5) is 15.2 Å². The third-order valence-electron chi connectivity index (χ3n) is 3.13. The van der Waals surface area contributed by atoms with Crippen molar-refractivity contribution in [3.63, 3.8) is 0 Å². The monoisotopic (exact) mass is 329 g/mol. The Morgan fingerprint density at radius 2 is 2.09 bits per heavy atom. The highest BCUT2D eigenvalue weighted by atomic mass is 32.1. The standard InChI is InChI=1S/C16H12FN3O2S/c17-10-2-1-3-11(7-10)20-16-19-8-14(23-16)9-4-5-13(21)12(6-9)15(18)22/h1-8,21H,(H2,18,22)(H,19,20). The second-order valence-electron chi connectivity index (χ2n) is 4.76. The molecule has 0 saturated carbocycles. The molecule has 0 saturated heterocycles. The molecule has 0 unspecified atom stereocenters. The average Bonchev–Trinajstić information content (AvgIpc) is 2.96. The number of anilines is 2. The van der Waals surface area contributed by atoms with Crippen molar-refractivity contribution in [2.45, 2.75) is 0 Å². The fraction of sp³-hybridized carbons (Fsp3) is 0. The number of amides is 1. The predicted octanol–water partition coefficient (Wildman–Crippen LogP) is 3.50. The van der Waals surface area contributed by atoms with Crippen LogP contribution in [0.15, 0.2) is 48.7 Å². The zero-order valence-corrected chi connectivity index (χ0v) is 12.6. The molecule has 0 aliphatic carbocycles. The maximum atomic E-state index is 13.2. The molecule has 4 N–H and O–H groups in total. The van der Waals surface area contributed by atoms with E-state index >= 15 is 0 Å². The number of hydrogen-bond acceptors (Lipinski definition) is 5. The second-order valence-corrected chi connectivity index (χ2v) is 5.79. The molecule has 3 aromatic rings. The number of nitrogens with zero attached hydrogens (tertiary/aromatic N) is 1. The van der Waals surface area contributed by atoms with Crippen LogP contribution in [0.3, 0.4) is 0 Å². The number of benzene rings is 2. The first kappa shape index (κ1) is 15.0. The maximum Gasteiger partial charge on any atom is 0.252 e. The number of nitrogens with two attached hydrogens (primary N) is 1. The van der Waals surface area contributed by atoms with Crippen LogP contribution in [0.2, 0.25) is 0 Å². The van der Waals surface area contributed by atoms with Gasteiger partial charge in [-0.25, -0.2) is 9.37 Å². The number of nitrogens with one attached hydrogen (secondary N) is 1. The van der Waals surface area contributed by atoms with Crippen LogP contribution in [-0.2, 0) is 0 Å². The summed E-state index contributed by atoms with van der Waals surface area (Å²) in [5.41, 5.74) is 6.58. The Labute approximate surface area is 135 Å². The Morgan fingerprint density at radius 1 is 1.26 bits per heavy atom. The number of phenols is 1. The lowest BCUT2D eigenvalue weighted by atomic mass is 10.1. The lowest BCUT2D eigenvalue weighted by Crippen LogP contribution is -2.11. The minimum Gasteiger partial charge on any atom is -0.507 e. The van der Waals surface area contributed by atoms with Crippen LogP contribution in [0, 0.1) is 5.82 Å². The highest BCUT2D eigenvalue weighted by Crippen LogP contribution is 2.33. The van der Waals surface area contributed by atoms with Crippen molar-refractivity contribution in [3.05, 3.63) is 60.0 Å². The lowest BCUT2D eigenvalue weighted by molar-refractivity contribution is 0.0998. The number of primary amides is 1. The van der Waals surface area contributed by atoms with Crippen molar-refractivity contribution in [1.82, 2.24) is 4.98 Å². The molecule has 0 atom stereocenters. The number of carbonyl (C=O) groups is 1. The van der Waals surface area contributed by atoms with Gasteiger partial charge >= 0.3 is 0 Å². The number of rotatable bonds is 4. The zero-order valence-electron chi connectivity index (χ0n) is 11.8. The number of halogens is 1. The molecule has 0 aliphatic heterocycles. The van der Waals surface area contributed by atoms with E-state index in [1.54, 1.807) is 24.4 Å². The van der Waals surface area contributed by atoms with E-state index in [2.05, 4.69) is 10.3 Å². The van der Waals surface area contributed by atoms with Crippen LogP contribution in [0.25, 0.3) is 10.4 Å². The topological polar surface area (TPSA) is 88.2 Å². The highest BCUT2D eigenvalue weighted by molar-refractivity contribution is 7.18. The van der Waals surface area contributed by atoms with E-state index in [0.717, 1.165) is 4.88 Å². The van der Waals surface area contributed by atoms with Crippen LogP contribution in [0.1, 0.15) is 10.4 Å². The minimum absolute atomic E-state index is 0.0514. The molecule has 0 bridgehead atoms. The highest BCUT2D eigenvalue weighted by Gasteiger charge is 2.11. The van der Waals surface area contributed by atoms with Crippen LogP contribution < -0.4 is 11.1 Å². The fourth-order valence-corrected chi connectivity index (χ4v) is 2.87. The van der Waals surface area contributed by atoms with Crippen LogP contribution >= 0.6 is 11.3 Å². The molecule has 5 nitrogen and oxygen atoms in total. The molecule has 1 heterocycles. The van der Waals surface area contributed by atoms with Crippen molar-refractivity contribution < 1.29 is 14.3 Å². The summed E-state index contributed by atoms with van der Waals surface area (Å²) in [7, 11) is 0. The molecule has 0 radical (unpaired) electrons. The van der Waals surface area contributed by atoms with Crippen molar-refractivity contribution in [1.29, 1.82) is 0 Å². The summed E-state index contributed by atoms with van der Waals surface area (Å²) in [4.78, 5) is 16.3. The first-order chi connectivity index (χ1) is 11.0. The number of aromatic nitrogens is 1. The second kappa shape index (κ2) is 6.05. The van der Waals surface area contributed by atoms with Gasteiger partial charge < -0.3 is 16.2 Å². The molecular weight excluding hydrogens is 317 g/mol. The van der Waals surface area contributed by atoms with Crippen molar-refractivity contribution in [2.24, 2.45) is 5.73 Å². The fourth-order valence-electron chi connectivity index (χ4n) is 2.04. The summed E-state index contributed by atoms with van der Waals surface area (Å²) in [6.07, 6.45) is 1.63. The predicted molar refractivity (Wildman–Crippen MR) is 87.4 cm³/mol. The molecule has 1 aromatic heterocycles. The SMILES string of the molecule is NC(=O)c1cc(-c2cnc(Nc3cccc(F)c3)s2)ccc1O. The summed E-state index contributed by atoms with van der Waals surface area (Å²) >= 11 is 1.33. The van der Waals surface area contributed by atoms with Crippen LogP contribution in [-0.4, -0.2) is 16.0 Å². The van der Waals surface area contributed by atoms with Crippen molar-refractivity contribution in [3.8, 4) is 16.2 Å². The van der Waals surface area contributed by atoms with E-state index in [9.17, 15) is 14.3 Å². The summed E-state index contributed by atoms with van der Waals surface area (Å²) in [6.45, 7) is 0. The number of aromatic hydroxyl groups is 1. The molecule has 0 spiro atoms. The summed E-state index contributed by atoms with van der Waals surface area (Å²) in [5, 5.41) is 13.2. The van der Waals surface area contributed by atoms with E-state index in [-0.39, 0.29) is 17.1 Å². The van der Waals surface area contributed by atoms with Gasteiger partial charge in [0.2, 0.25) is 0 Å². The maximum absolute atomic E-state index is 13.2. The molecular formula is C16H12FN3O2S. The van der Waals surface area contributed by atoms with E-state index in [1.807, 2.05) is 0 Å². The molecule has 23 heavy (non-hydrogen) atoms. The van der Waals surface area contributed by atoms with Gasteiger partial charge in [0.25, 0.3) is 5.91 Å². The number of carbonyl (C=O) groups excluding carboxylic acids is 1. The first-order valence-corrected chi connectivity index (χ1v) is 7.46. The Balaban J connectivity index is 1.87. The van der Waals surface area contributed by atoms with Gasteiger partial charge in [-0.3, -0.25) is 4.79 Å². The molecule has 116 valence electrons. The Bertz CT molecular complexity index is 879. The summed E-state index contributed by atoms with van der Waals surface area (Å²) in [5.74, 6) is -1.20. The van der Waals surface area contributed by atoms with Gasteiger partial charge in [0, 0.05) is 11.9 Å². The largest absolute Gasteiger partial charge is 0.507 e. The molecule has 0 fully saturated rings. The Kier molecular flexibility index (Phi) is 3.94. The van der Waals surface area contributed by atoms with E-state index in [0.29, 0.717) is 16.4 Å². The molecule has 0 aliphatic rings. The Hall–Kier alpha value is -2.93. The van der Waals surface area contributed by atoms with Gasteiger partial charge in [0.05, 0.1) is 10.4 Å². The van der Waals surface area contributed by atoms with Gasteiger partial charge in [-0.2, -0.15) is 0 Å². The molecule has 3 rings (SSSR count). The summed E-state index contributed by atoms with van der Waals surface area (Å²) in [6, 6.07) is 10.7. The third kappa shape index (κ3) is 3.29. The molecule has 7 heteroatoms. The average molecular weight is 329 g/mol. The Morgan fingerprint density at radius 3 is 2.83 bits per heavy atom. The normalized spacial score (nSPS) is 10.5. The quantitative estimate of drug-likeness (QED) is 0.683. The van der Waals surface area contributed by atoms with E-state index in [1.165, 1.54) is 35.6 Å². The van der Waals surface area contributed by atoms with Gasteiger partial charge in [0.1, 0.15) is 11.6 Å². The third-order valence-corrected chi connectivity index (χ3v) is 4.09. The minimum atomic E-state index is -0.702. The van der Waals surface area contributed by atoms with E-state index in [4.69, 9.17) is 5.73 Å². The number of thiazole rings is 1. The zero-order chi connectivity index (χ0) is 16.4. The van der Waals surface area contributed by atoms with Crippen LogP contribution in [0.5, 0.6) is 5.75 Å². The van der Waals surface area contributed by atoms with Gasteiger partial charge in [-0.1, -0.05) is 17.4 Å². The smallest absolute Gasteiger partial charge is 0.252 e. The molecule has 2 aromatic carbocycles. The van der Waals surface area contributed by atoms with Gasteiger partial charge in [-0.15, -0.1) is 0 Å². The lowest BCUT2D eigenvalue weighted by Gasteiger charge is -2.03. The summed E-state index contributed by atoms with van der Waals surface area (Å²) < 4.78 is 13.2. The van der Waals surface area contributed by atoms with Gasteiger partial charge in [-0.05, 0) is 42.0 Å². The first-order valence-electron chi connectivity index (χ1n) is 6.64. The van der Waals surface area contributed by atoms with Crippen molar-refractivity contribution in [2.75, 3.05) is 5.32 Å². The number of hydrogen-bond donors (Lipinski definition) is 3. The van der Waals surface area contributed by atoms with Gasteiger partial charge in [0.15, 0.2) is 5.13 Å².